The largest absolute Gasteiger partial charge is 0.348 e. The number of nitrogens with zero attached hydrogens (tertiary/aromatic N) is 4. The number of H-pyrrole nitrogens is 1. The van der Waals surface area contributed by atoms with Crippen LogP contribution in [0.2, 0.25) is 0 Å². The smallest absolute Gasteiger partial charge is 0.272 e. The zero-order valence-corrected chi connectivity index (χ0v) is 13.9. The van der Waals surface area contributed by atoms with Crippen molar-refractivity contribution >= 4 is 11.6 Å². The van der Waals surface area contributed by atoms with Crippen LogP contribution in [0, 0.1) is 13.8 Å². The Labute approximate surface area is 138 Å². The summed E-state index contributed by atoms with van der Waals surface area (Å²) >= 11 is 0. The van der Waals surface area contributed by atoms with Crippen molar-refractivity contribution in [2.45, 2.75) is 39.8 Å². The first-order valence-electron chi connectivity index (χ1n) is 7.81. The van der Waals surface area contributed by atoms with Crippen molar-refractivity contribution in [2.75, 3.05) is 0 Å². The second kappa shape index (κ2) is 6.31. The number of hydrogen-bond acceptors (Lipinski definition) is 4. The third kappa shape index (κ3) is 3.37. The maximum Gasteiger partial charge on any atom is 0.272 e. The molecule has 0 aliphatic carbocycles. The molecule has 3 aromatic heterocycles. The van der Waals surface area contributed by atoms with E-state index in [0.717, 1.165) is 11.4 Å². The minimum absolute atomic E-state index is 0.108. The molecule has 0 radical (unpaired) electrons. The molecule has 0 saturated heterocycles. The molecule has 3 rings (SSSR count). The van der Waals surface area contributed by atoms with Crippen LogP contribution in [0.4, 0.5) is 0 Å². The Kier molecular flexibility index (Phi) is 4.20. The van der Waals surface area contributed by atoms with Gasteiger partial charge in [0, 0.05) is 37.0 Å². The summed E-state index contributed by atoms with van der Waals surface area (Å²) in [6.07, 6.45) is 2.16. The summed E-state index contributed by atoms with van der Waals surface area (Å²) in [5.41, 5.74) is 2.66. The Morgan fingerprint density at radius 3 is 2.88 bits per heavy atom. The van der Waals surface area contributed by atoms with Gasteiger partial charge in [0.15, 0.2) is 5.65 Å². The number of amides is 1. The normalized spacial score (nSPS) is 12.5. The molecule has 0 fully saturated rings. The zero-order chi connectivity index (χ0) is 17.3. The molecular formula is C16H20N6O2. The Hall–Kier alpha value is -2.90. The van der Waals surface area contributed by atoms with Crippen LogP contribution in [0.3, 0.4) is 0 Å². The standard InChI is InChI=1S/C16H20N6O2/c1-10-4-6-21(19-10)7-5-15(23)17-12(3)13-9-16(24)22-14(18-13)8-11(2)20-22/h4,6,8-9,12,20H,5,7H2,1-3H3,(H,17,23)/t12-/m1/s1. The average Bonchev–Trinajstić information content (AvgIpc) is 3.10. The van der Waals surface area contributed by atoms with E-state index in [1.807, 2.05) is 33.0 Å². The number of carbonyl (C=O) groups excluding carboxylic acids is 1. The van der Waals surface area contributed by atoms with Gasteiger partial charge in [-0.2, -0.15) is 5.10 Å². The first kappa shape index (κ1) is 16.0. The van der Waals surface area contributed by atoms with Crippen molar-refractivity contribution in [3.8, 4) is 0 Å². The van der Waals surface area contributed by atoms with Gasteiger partial charge in [-0.15, -0.1) is 0 Å². The number of aromatic nitrogens is 5. The van der Waals surface area contributed by atoms with E-state index < -0.39 is 0 Å². The van der Waals surface area contributed by atoms with Gasteiger partial charge in [0.2, 0.25) is 5.91 Å². The van der Waals surface area contributed by atoms with E-state index in [1.54, 1.807) is 10.7 Å². The summed E-state index contributed by atoms with van der Waals surface area (Å²) < 4.78 is 3.12. The molecule has 0 spiro atoms. The SMILES string of the molecule is Cc1ccn(CCC(=O)N[C@H](C)c2cc(=O)n3[nH]c(C)cc3n2)n1. The molecular weight excluding hydrogens is 308 g/mol. The molecule has 0 bridgehead atoms. The van der Waals surface area contributed by atoms with Crippen LogP contribution < -0.4 is 10.9 Å². The van der Waals surface area contributed by atoms with Crippen molar-refractivity contribution in [2.24, 2.45) is 0 Å². The summed E-state index contributed by atoms with van der Waals surface area (Å²) in [4.78, 5) is 28.6. The fourth-order valence-electron chi connectivity index (χ4n) is 2.54. The summed E-state index contributed by atoms with van der Waals surface area (Å²) in [6.45, 7) is 6.09. The lowest BCUT2D eigenvalue weighted by molar-refractivity contribution is -0.122. The number of fused-ring (bicyclic) bond motifs is 1. The molecule has 3 heterocycles. The van der Waals surface area contributed by atoms with Crippen molar-refractivity contribution in [1.29, 1.82) is 0 Å². The quantitative estimate of drug-likeness (QED) is 0.733. The van der Waals surface area contributed by atoms with Crippen LogP contribution >= 0.6 is 0 Å². The maximum absolute atomic E-state index is 12.1. The number of rotatable bonds is 5. The number of aryl methyl sites for hydroxylation is 3. The van der Waals surface area contributed by atoms with Crippen molar-refractivity contribution < 1.29 is 4.79 Å². The predicted molar refractivity (Wildman–Crippen MR) is 88.7 cm³/mol. The van der Waals surface area contributed by atoms with E-state index in [9.17, 15) is 9.59 Å². The molecule has 3 aromatic rings. The monoisotopic (exact) mass is 328 g/mol. The van der Waals surface area contributed by atoms with Crippen LogP contribution in [-0.2, 0) is 11.3 Å². The van der Waals surface area contributed by atoms with E-state index in [0.29, 0.717) is 24.3 Å². The van der Waals surface area contributed by atoms with E-state index in [-0.39, 0.29) is 17.5 Å². The molecule has 1 amide bonds. The van der Waals surface area contributed by atoms with E-state index in [4.69, 9.17) is 0 Å². The number of nitrogens with one attached hydrogen (secondary N) is 2. The Bertz CT molecular complexity index is 936. The second-order valence-corrected chi connectivity index (χ2v) is 5.91. The third-order valence-electron chi connectivity index (χ3n) is 3.76. The van der Waals surface area contributed by atoms with Crippen LogP contribution in [-0.4, -0.2) is 30.3 Å². The van der Waals surface area contributed by atoms with Gasteiger partial charge in [0.05, 0.1) is 17.4 Å². The Morgan fingerprint density at radius 2 is 2.17 bits per heavy atom. The van der Waals surface area contributed by atoms with Gasteiger partial charge in [0.1, 0.15) is 0 Å². The van der Waals surface area contributed by atoms with Crippen molar-refractivity contribution in [3.05, 3.63) is 51.8 Å². The van der Waals surface area contributed by atoms with Crippen molar-refractivity contribution in [3.63, 3.8) is 0 Å². The Morgan fingerprint density at radius 1 is 1.38 bits per heavy atom. The lowest BCUT2D eigenvalue weighted by Crippen LogP contribution is -2.29. The minimum Gasteiger partial charge on any atom is -0.348 e. The number of hydrogen-bond donors (Lipinski definition) is 2. The predicted octanol–water partition coefficient (Wildman–Crippen LogP) is 1.10. The molecule has 2 N–H and O–H groups in total. The van der Waals surface area contributed by atoms with Gasteiger partial charge in [-0.1, -0.05) is 0 Å². The van der Waals surface area contributed by atoms with E-state index in [2.05, 4.69) is 20.5 Å². The average molecular weight is 328 g/mol. The molecule has 1 atom stereocenters. The zero-order valence-electron chi connectivity index (χ0n) is 13.9. The molecule has 0 aliphatic rings. The summed E-state index contributed by atoms with van der Waals surface area (Å²) in [7, 11) is 0. The van der Waals surface area contributed by atoms with Gasteiger partial charge in [0.25, 0.3) is 5.56 Å². The van der Waals surface area contributed by atoms with E-state index >= 15 is 0 Å². The highest BCUT2D eigenvalue weighted by atomic mass is 16.1. The molecule has 0 aliphatic heterocycles. The van der Waals surface area contributed by atoms with Crippen LogP contribution in [0.5, 0.6) is 0 Å². The molecule has 0 saturated carbocycles. The maximum atomic E-state index is 12.1. The summed E-state index contributed by atoms with van der Waals surface area (Å²) in [6, 6.07) is 4.78. The fourth-order valence-corrected chi connectivity index (χ4v) is 2.54. The molecule has 8 nitrogen and oxygen atoms in total. The highest BCUT2D eigenvalue weighted by molar-refractivity contribution is 5.76. The first-order valence-corrected chi connectivity index (χ1v) is 7.81. The topological polar surface area (TPSA) is 97.1 Å². The van der Waals surface area contributed by atoms with E-state index in [1.165, 1.54) is 10.6 Å². The fraction of sp³-hybridized carbons (Fsp3) is 0.375. The van der Waals surface area contributed by atoms with Crippen LogP contribution in [0.1, 0.15) is 36.5 Å². The molecule has 8 heteroatoms. The lowest BCUT2D eigenvalue weighted by atomic mass is 10.2. The Balaban J connectivity index is 1.66. The van der Waals surface area contributed by atoms with Crippen molar-refractivity contribution in [1.82, 2.24) is 29.7 Å². The van der Waals surface area contributed by atoms with Gasteiger partial charge in [-0.05, 0) is 26.8 Å². The van der Waals surface area contributed by atoms with Gasteiger partial charge >= 0.3 is 0 Å². The first-order chi connectivity index (χ1) is 11.4. The van der Waals surface area contributed by atoms with Gasteiger partial charge < -0.3 is 5.32 Å². The molecule has 126 valence electrons. The minimum atomic E-state index is -0.343. The van der Waals surface area contributed by atoms with Crippen LogP contribution in [0.25, 0.3) is 5.65 Å². The summed E-state index contributed by atoms with van der Waals surface area (Å²) in [5, 5.41) is 10.0. The van der Waals surface area contributed by atoms with Gasteiger partial charge in [-0.3, -0.25) is 19.4 Å². The highest BCUT2D eigenvalue weighted by Gasteiger charge is 2.14. The molecule has 0 unspecified atom stereocenters. The second-order valence-electron chi connectivity index (χ2n) is 5.91. The molecule has 0 aromatic carbocycles. The van der Waals surface area contributed by atoms with Crippen LogP contribution in [0.15, 0.2) is 29.2 Å². The number of carbonyl (C=O) groups is 1. The van der Waals surface area contributed by atoms with Gasteiger partial charge in [-0.25, -0.2) is 9.50 Å². The third-order valence-corrected chi connectivity index (χ3v) is 3.76. The lowest BCUT2D eigenvalue weighted by Gasteiger charge is -2.13. The molecule has 24 heavy (non-hydrogen) atoms. The highest BCUT2D eigenvalue weighted by Crippen LogP contribution is 2.10. The number of aromatic amines is 1. The summed E-state index contributed by atoms with van der Waals surface area (Å²) in [5.74, 6) is -0.108.